The first kappa shape index (κ1) is 10.9. The van der Waals surface area contributed by atoms with Crippen molar-refractivity contribution >= 4 is 11.3 Å². The molecule has 0 saturated heterocycles. The van der Waals surface area contributed by atoms with Gasteiger partial charge in [0.1, 0.15) is 10.5 Å². The Labute approximate surface area is 106 Å². The molecule has 0 aliphatic heterocycles. The Balaban J connectivity index is 1.80. The second kappa shape index (κ2) is 4.96. The van der Waals surface area contributed by atoms with Crippen molar-refractivity contribution in [1.29, 1.82) is 0 Å². The maximum Gasteiger partial charge on any atom is 0.147 e. The van der Waals surface area contributed by atoms with E-state index in [1.165, 1.54) is 43.2 Å². The van der Waals surface area contributed by atoms with Crippen molar-refractivity contribution in [2.45, 2.75) is 38.0 Å². The molecule has 2 nitrogen and oxygen atoms in total. The van der Waals surface area contributed by atoms with Crippen molar-refractivity contribution in [2.75, 3.05) is 0 Å². The Kier molecular flexibility index (Phi) is 3.18. The van der Waals surface area contributed by atoms with Crippen LogP contribution in [0.25, 0.3) is 10.6 Å². The van der Waals surface area contributed by atoms with E-state index in [0.717, 1.165) is 10.9 Å². The highest BCUT2D eigenvalue weighted by Crippen LogP contribution is 2.33. The lowest BCUT2D eigenvalue weighted by Crippen LogP contribution is -2.04. The van der Waals surface area contributed by atoms with Gasteiger partial charge in [0.05, 0.1) is 0 Å². The molecule has 3 rings (SSSR count). The molecule has 1 saturated carbocycles. The van der Waals surface area contributed by atoms with Crippen LogP contribution in [0.5, 0.6) is 0 Å². The Hall–Kier alpha value is -1.22. The predicted octanol–water partition coefficient (Wildman–Crippen LogP) is 4.25. The summed E-state index contributed by atoms with van der Waals surface area (Å²) in [4.78, 5) is 0. The highest BCUT2D eigenvalue weighted by Gasteiger charge is 2.15. The maximum absolute atomic E-state index is 4.10. The lowest BCUT2D eigenvalue weighted by Gasteiger charge is -2.21. The summed E-state index contributed by atoms with van der Waals surface area (Å²) in [5.74, 6) is 0.784. The van der Waals surface area contributed by atoms with E-state index in [1.54, 1.807) is 16.8 Å². The Morgan fingerprint density at radius 2 is 1.76 bits per heavy atom. The average Bonchev–Trinajstić information content (AvgIpc) is 2.94. The summed E-state index contributed by atoms with van der Waals surface area (Å²) in [7, 11) is 0. The molecule has 0 bridgehead atoms. The molecule has 2 aromatic rings. The van der Waals surface area contributed by atoms with Crippen LogP contribution in [-0.4, -0.2) is 10.2 Å². The number of aromatic nitrogens is 2. The molecule has 1 aliphatic rings. The fourth-order valence-corrected chi connectivity index (χ4v) is 3.19. The molecule has 1 aliphatic carbocycles. The molecule has 0 atom stereocenters. The summed E-state index contributed by atoms with van der Waals surface area (Å²) in [6.07, 6.45) is 6.92. The van der Waals surface area contributed by atoms with E-state index < -0.39 is 0 Å². The van der Waals surface area contributed by atoms with Gasteiger partial charge in [-0.25, -0.2) is 0 Å². The molecule has 0 radical (unpaired) electrons. The normalized spacial score (nSPS) is 17.2. The smallest absolute Gasteiger partial charge is 0.147 e. The molecule has 3 heteroatoms. The van der Waals surface area contributed by atoms with E-state index >= 15 is 0 Å². The Bertz CT molecular complexity index is 455. The quantitative estimate of drug-likeness (QED) is 0.789. The summed E-state index contributed by atoms with van der Waals surface area (Å²) in [5.41, 5.74) is 4.47. The van der Waals surface area contributed by atoms with E-state index in [4.69, 9.17) is 0 Å². The largest absolute Gasteiger partial charge is 0.147 e. The Morgan fingerprint density at radius 3 is 2.41 bits per heavy atom. The number of nitrogens with zero attached hydrogens (tertiary/aromatic N) is 2. The van der Waals surface area contributed by atoms with Gasteiger partial charge in [0.2, 0.25) is 0 Å². The van der Waals surface area contributed by atoms with Crippen LogP contribution in [0.15, 0.2) is 29.8 Å². The topological polar surface area (TPSA) is 25.8 Å². The minimum absolute atomic E-state index is 0.784. The third-order valence-electron chi connectivity index (χ3n) is 3.59. The minimum Gasteiger partial charge on any atom is -0.147 e. The minimum atomic E-state index is 0.784. The summed E-state index contributed by atoms with van der Waals surface area (Å²) < 4.78 is 0. The zero-order chi connectivity index (χ0) is 11.5. The molecule has 0 amide bonds. The number of benzene rings is 1. The van der Waals surface area contributed by atoms with Gasteiger partial charge in [0.15, 0.2) is 0 Å². The van der Waals surface area contributed by atoms with Crippen molar-refractivity contribution < 1.29 is 0 Å². The molecule has 0 spiro atoms. The third kappa shape index (κ3) is 2.39. The molecular formula is C14H16N2S. The van der Waals surface area contributed by atoms with Crippen LogP contribution in [0.4, 0.5) is 0 Å². The van der Waals surface area contributed by atoms with Crippen LogP contribution < -0.4 is 0 Å². The zero-order valence-electron chi connectivity index (χ0n) is 9.80. The maximum atomic E-state index is 4.10. The summed E-state index contributed by atoms with van der Waals surface area (Å²) in [6, 6.07) is 8.91. The second-order valence-corrected chi connectivity index (χ2v) is 5.53. The van der Waals surface area contributed by atoms with Crippen molar-refractivity contribution in [1.82, 2.24) is 10.2 Å². The van der Waals surface area contributed by atoms with Gasteiger partial charge in [-0.15, -0.1) is 10.2 Å². The second-order valence-electron chi connectivity index (χ2n) is 4.70. The molecule has 88 valence electrons. The summed E-state index contributed by atoms with van der Waals surface area (Å²) in [6.45, 7) is 0. The predicted molar refractivity (Wildman–Crippen MR) is 71.2 cm³/mol. The summed E-state index contributed by atoms with van der Waals surface area (Å²) >= 11 is 1.60. The van der Waals surface area contributed by atoms with E-state index in [1.807, 2.05) is 0 Å². The lowest BCUT2D eigenvalue weighted by atomic mass is 9.84. The van der Waals surface area contributed by atoms with Gasteiger partial charge >= 0.3 is 0 Å². The van der Waals surface area contributed by atoms with E-state index in [0.29, 0.717) is 0 Å². The fourth-order valence-electron chi connectivity index (χ4n) is 2.63. The van der Waals surface area contributed by atoms with E-state index in [-0.39, 0.29) is 0 Å². The molecule has 1 heterocycles. The molecule has 0 N–H and O–H groups in total. The van der Waals surface area contributed by atoms with Crippen LogP contribution in [0.1, 0.15) is 43.6 Å². The average molecular weight is 244 g/mol. The highest BCUT2D eigenvalue weighted by atomic mass is 32.1. The van der Waals surface area contributed by atoms with Crippen LogP contribution in [0.2, 0.25) is 0 Å². The first-order valence-corrected chi connectivity index (χ1v) is 7.18. The molecule has 0 unspecified atom stereocenters. The monoisotopic (exact) mass is 244 g/mol. The number of hydrogen-bond donors (Lipinski definition) is 0. The van der Waals surface area contributed by atoms with Gasteiger partial charge in [-0.2, -0.15) is 0 Å². The first-order valence-electron chi connectivity index (χ1n) is 6.30. The van der Waals surface area contributed by atoms with Crippen molar-refractivity contribution in [2.24, 2.45) is 0 Å². The lowest BCUT2D eigenvalue weighted by molar-refractivity contribution is 0.443. The van der Waals surface area contributed by atoms with E-state index in [9.17, 15) is 0 Å². The van der Waals surface area contributed by atoms with Crippen LogP contribution in [0.3, 0.4) is 0 Å². The number of hydrogen-bond acceptors (Lipinski definition) is 3. The molecular weight excluding hydrogens is 228 g/mol. The van der Waals surface area contributed by atoms with Crippen LogP contribution in [-0.2, 0) is 0 Å². The van der Waals surface area contributed by atoms with Gasteiger partial charge in [-0.3, -0.25) is 0 Å². The van der Waals surface area contributed by atoms with Crippen molar-refractivity contribution in [3.8, 4) is 10.6 Å². The van der Waals surface area contributed by atoms with E-state index in [2.05, 4.69) is 34.5 Å². The third-order valence-corrected chi connectivity index (χ3v) is 4.33. The highest BCUT2D eigenvalue weighted by molar-refractivity contribution is 7.12. The molecule has 1 aromatic heterocycles. The first-order chi connectivity index (χ1) is 8.43. The van der Waals surface area contributed by atoms with Crippen molar-refractivity contribution in [3.05, 3.63) is 35.3 Å². The SMILES string of the molecule is c1nnc(-c2ccc(C3CCCCC3)cc2)s1. The Morgan fingerprint density at radius 1 is 1.00 bits per heavy atom. The van der Waals surface area contributed by atoms with Crippen LogP contribution in [0, 0.1) is 0 Å². The zero-order valence-corrected chi connectivity index (χ0v) is 10.6. The van der Waals surface area contributed by atoms with Gasteiger partial charge in [-0.1, -0.05) is 54.9 Å². The van der Waals surface area contributed by atoms with Gasteiger partial charge < -0.3 is 0 Å². The van der Waals surface area contributed by atoms with Crippen LogP contribution >= 0.6 is 11.3 Å². The summed E-state index contributed by atoms with van der Waals surface area (Å²) in [5, 5.41) is 8.99. The standard InChI is InChI=1S/C14H16N2S/c1-2-4-11(5-3-1)12-6-8-13(9-7-12)14-16-15-10-17-14/h6-11H,1-5H2. The van der Waals surface area contributed by atoms with Gasteiger partial charge in [0.25, 0.3) is 0 Å². The van der Waals surface area contributed by atoms with Gasteiger partial charge in [-0.05, 0) is 24.3 Å². The fraction of sp³-hybridized carbons (Fsp3) is 0.429. The van der Waals surface area contributed by atoms with Gasteiger partial charge in [0, 0.05) is 5.56 Å². The molecule has 1 fully saturated rings. The molecule has 1 aromatic carbocycles. The molecule has 17 heavy (non-hydrogen) atoms. The van der Waals surface area contributed by atoms with Crippen molar-refractivity contribution in [3.63, 3.8) is 0 Å². The number of rotatable bonds is 2.